The first-order valence-electron chi connectivity index (χ1n) is 9.43. The SMILES string of the molecule is OCC(CO)Nc1nc(N2CCOCC2)nc(-n2c(C(F)F)nc3ccccc32)n1. The van der Waals surface area contributed by atoms with E-state index in [4.69, 9.17) is 4.74 Å². The number of aliphatic hydroxyl groups is 2. The van der Waals surface area contributed by atoms with Crippen LogP contribution in [0.5, 0.6) is 0 Å². The van der Waals surface area contributed by atoms with Gasteiger partial charge in [-0.1, -0.05) is 12.1 Å². The Hall–Kier alpha value is -2.96. The monoisotopic (exact) mass is 421 g/mol. The second-order valence-electron chi connectivity index (χ2n) is 6.66. The third-order valence-corrected chi connectivity index (χ3v) is 4.66. The van der Waals surface area contributed by atoms with E-state index in [-0.39, 0.29) is 31.1 Å². The molecule has 0 spiro atoms. The molecule has 1 saturated heterocycles. The van der Waals surface area contributed by atoms with Gasteiger partial charge in [0.15, 0.2) is 5.82 Å². The number of hydrogen-bond acceptors (Lipinski definition) is 9. The summed E-state index contributed by atoms with van der Waals surface area (Å²) < 4.78 is 34.1. The van der Waals surface area contributed by atoms with Gasteiger partial charge in [-0.15, -0.1) is 0 Å². The number of halogens is 2. The number of aromatic nitrogens is 5. The van der Waals surface area contributed by atoms with Gasteiger partial charge in [0, 0.05) is 13.1 Å². The lowest BCUT2D eigenvalue weighted by molar-refractivity contribution is 0.122. The summed E-state index contributed by atoms with van der Waals surface area (Å²) >= 11 is 0. The summed E-state index contributed by atoms with van der Waals surface area (Å²) in [5.41, 5.74) is 0.818. The molecule has 0 unspecified atom stereocenters. The molecular formula is C18H21F2N7O3. The molecule has 1 fully saturated rings. The Bertz CT molecular complexity index is 1010. The largest absolute Gasteiger partial charge is 0.394 e. The summed E-state index contributed by atoms with van der Waals surface area (Å²) in [7, 11) is 0. The van der Waals surface area contributed by atoms with E-state index in [1.54, 1.807) is 24.3 Å². The number of imidazole rings is 1. The topological polar surface area (TPSA) is 121 Å². The molecule has 3 heterocycles. The molecule has 4 rings (SSSR count). The standard InChI is InChI=1S/C18H21F2N7O3/c19-14(20)15-22-12-3-1-2-4-13(12)27(15)18-24-16(21-11(9-28)10-29)23-17(25-18)26-5-7-30-8-6-26/h1-4,11,14,28-29H,5-10H2,(H,21,23,24,25). The molecule has 30 heavy (non-hydrogen) atoms. The van der Waals surface area contributed by atoms with Gasteiger partial charge >= 0.3 is 0 Å². The van der Waals surface area contributed by atoms with Gasteiger partial charge in [0.2, 0.25) is 17.8 Å². The number of nitrogens with one attached hydrogen (secondary N) is 1. The number of aliphatic hydroxyl groups excluding tert-OH is 2. The normalized spacial score (nSPS) is 14.8. The fourth-order valence-electron chi connectivity index (χ4n) is 3.16. The molecule has 160 valence electrons. The Labute approximate surface area is 170 Å². The Morgan fingerprint density at radius 3 is 2.40 bits per heavy atom. The highest BCUT2D eigenvalue weighted by Crippen LogP contribution is 2.27. The van der Waals surface area contributed by atoms with Crippen molar-refractivity contribution in [2.24, 2.45) is 0 Å². The minimum atomic E-state index is -2.85. The summed E-state index contributed by atoms with van der Waals surface area (Å²) in [5.74, 6) is -0.194. The van der Waals surface area contributed by atoms with Crippen LogP contribution < -0.4 is 10.2 Å². The van der Waals surface area contributed by atoms with Crippen LogP contribution in [0.3, 0.4) is 0 Å². The van der Waals surface area contributed by atoms with Gasteiger partial charge in [0.25, 0.3) is 6.43 Å². The van der Waals surface area contributed by atoms with E-state index in [2.05, 4.69) is 25.3 Å². The van der Waals surface area contributed by atoms with Crippen LogP contribution in [0.4, 0.5) is 20.7 Å². The first-order valence-corrected chi connectivity index (χ1v) is 9.43. The lowest BCUT2D eigenvalue weighted by Gasteiger charge is -2.27. The van der Waals surface area contributed by atoms with E-state index in [1.807, 2.05) is 4.90 Å². The van der Waals surface area contributed by atoms with E-state index in [0.717, 1.165) is 0 Å². The maximum atomic E-state index is 13.8. The summed E-state index contributed by atoms with van der Waals surface area (Å²) in [6, 6.07) is 6.00. The number of rotatable bonds is 7. The highest BCUT2D eigenvalue weighted by Gasteiger charge is 2.24. The van der Waals surface area contributed by atoms with E-state index >= 15 is 0 Å². The highest BCUT2D eigenvalue weighted by molar-refractivity contribution is 5.77. The van der Waals surface area contributed by atoms with Crippen molar-refractivity contribution in [2.75, 3.05) is 49.7 Å². The van der Waals surface area contributed by atoms with E-state index < -0.39 is 18.3 Å². The van der Waals surface area contributed by atoms with Gasteiger partial charge in [0.05, 0.1) is 43.5 Å². The quantitative estimate of drug-likeness (QED) is 0.507. The summed E-state index contributed by atoms with van der Waals surface area (Å²) in [6.07, 6.45) is -2.85. The van der Waals surface area contributed by atoms with Crippen LogP contribution >= 0.6 is 0 Å². The lowest BCUT2D eigenvalue weighted by Crippen LogP contribution is -2.38. The lowest BCUT2D eigenvalue weighted by atomic mass is 10.3. The molecule has 10 nitrogen and oxygen atoms in total. The molecule has 1 aromatic carbocycles. The molecule has 0 amide bonds. The predicted molar refractivity (Wildman–Crippen MR) is 104 cm³/mol. The van der Waals surface area contributed by atoms with Crippen molar-refractivity contribution in [3.63, 3.8) is 0 Å². The van der Waals surface area contributed by atoms with Gasteiger partial charge < -0.3 is 25.2 Å². The average Bonchev–Trinajstić information content (AvgIpc) is 3.18. The number of anilines is 2. The van der Waals surface area contributed by atoms with Crippen molar-refractivity contribution >= 4 is 22.9 Å². The van der Waals surface area contributed by atoms with Gasteiger partial charge in [-0.3, -0.25) is 4.57 Å². The van der Waals surface area contributed by atoms with Crippen molar-refractivity contribution in [1.29, 1.82) is 0 Å². The highest BCUT2D eigenvalue weighted by atomic mass is 19.3. The van der Waals surface area contributed by atoms with Crippen molar-refractivity contribution in [3.05, 3.63) is 30.1 Å². The Morgan fingerprint density at radius 1 is 1.00 bits per heavy atom. The number of alkyl halides is 2. The van der Waals surface area contributed by atoms with Crippen molar-refractivity contribution in [2.45, 2.75) is 12.5 Å². The second-order valence-corrected chi connectivity index (χ2v) is 6.66. The van der Waals surface area contributed by atoms with Gasteiger partial charge in [-0.05, 0) is 12.1 Å². The fourth-order valence-corrected chi connectivity index (χ4v) is 3.16. The third kappa shape index (κ3) is 4.01. The molecule has 0 saturated carbocycles. The average molecular weight is 421 g/mol. The minimum Gasteiger partial charge on any atom is -0.394 e. The van der Waals surface area contributed by atoms with Crippen LogP contribution in [0.25, 0.3) is 17.0 Å². The number of ether oxygens (including phenoxy) is 1. The van der Waals surface area contributed by atoms with Crippen LogP contribution in [0.1, 0.15) is 12.2 Å². The maximum Gasteiger partial charge on any atom is 0.296 e. The van der Waals surface area contributed by atoms with Crippen molar-refractivity contribution < 1.29 is 23.7 Å². The second kappa shape index (κ2) is 8.81. The first kappa shape index (κ1) is 20.3. The van der Waals surface area contributed by atoms with Crippen LogP contribution in [-0.4, -0.2) is 80.3 Å². The predicted octanol–water partition coefficient (Wildman–Crippen LogP) is 0.750. The minimum absolute atomic E-state index is 0.0346. The summed E-state index contributed by atoms with van der Waals surface area (Å²) in [6.45, 7) is 1.30. The van der Waals surface area contributed by atoms with Crippen molar-refractivity contribution in [1.82, 2.24) is 24.5 Å². The molecule has 2 aromatic heterocycles. The molecule has 3 N–H and O–H groups in total. The van der Waals surface area contributed by atoms with Crippen LogP contribution in [0, 0.1) is 0 Å². The number of fused-ring (bicyclic) bond motifs is 1. The molecule has 0 atom stereocenters. The molecule has 0 radical (unpaired) electrons. The molecule has 0 aliphatic carbocycles. The molecule has 1 aliphatic rings. The third-order valence-electron chi connectivity index (χ3n) is 4.66. The molecule has 1 aliphatic heterocycles. The first-order chi connectivity index (χ1) is 14.6. The molecule has 0 bridgehead atoms. The number of para-hydroxylation sites is 2. The number of morpholine rings is 1. The smallest absolute Gasteiger partial charge is 0.296 e. The number of benzene rings is 1. The maximum absolute atomic E-state index is 13.8. The van der Waals surface area contributed by atoms with Gasteiger partial charge in [-0.25, -0.2) is 13.8 Å². The zero-order chi connectivity index (χ0) is 21.1. The summed E-state index contributed by atoms with van der Waals surface area (Å²) in [4.78, 5) is 18.9. The zero-order valence-corrected chi connectivity index (χ0v) is 15.9. The van der Waals surface area contributed by atoms with E-state index in [1.165, 1.54) is 4.57 Å². The molecule has 12 heteroatoms. The number of hydrogen-bond donors (Lipinski definition) is 3. The van der Waals surface area contributed by atoms with E-state index in [9.17, 15) is 19.0 Å². The molecular weight excluding hydrogens is 400 g/mol. The Morgan fingerprint density at radius 2 is 1.70 bits per heavy atom. The number of nitrogens with zero attached hydrogens (tertiary/aromatic N) is 6. The Balaban J connectivity index is 1.86. The zero-order valence-electron chi connectivity index (χ0n) is 15.9. The van der Waals surface area contributed by atoms with Gasteiger partial charge in [0.1, 0.15) is 0 Å². The van der Waals surface area contributed by atoms with Crippen LogP contribution in [0.15, 0.2) is 24.3 Å². The van der Waals surface area contributed by atoms with Crippen LogP contribution in [0.2, 0.25) is 0 Å². The Kier molecular flexibility index (Phi) is 5.97. The van der Waals surface area contributed by atoms with E-state index in [0.29, 0.717) is 37.3 Å². The summed E-state index contributed by atoms with van der Waals surface area (Å²) in [5, 5.41) is 21.6. The van der Waals surface area contributed by atoms with Crippen LogP contribution in [-0.2, 0) is 4.74 Å². The fraction of sp³-hybridized carbons (Fsp3) is 0.444. The van der Waals surface area contributed by atoms with Crippen molar-refractivity contribution in [3.8, 4) is 5.95 Å². The van der Waals surface area contributed by atoms with Gasteiger partial charge in [-0.2, -0.15) is 15.0 Å². The molecule has 3 aromatic rings.